The van der Waals surface area contributed by atoms with Gasteiger partial charge in [0.2, 0.25) is 0 Å². The van der Waals surface area contributed by atoms with Crippen LogP contribution < -0.4 is 5.32 Å². The lowest BCUT2D eigenvalue weighted by molar-refractivity contribution is 0.508. The van der Waals surface area contributed by atoms with Crippen LogP contribution in [-0.2, 0) is 6.54 Å². The van der Waals surface area contributed by atoms with Crippen LogP contribution in [0.15, 0.2) is 90.9 Å². The second-order valence-corrected chi connectivity index (χ2v) is 7.62. The Labute approximate surface area is 212 Å². The van der Waals surface area contributed by atoms with E-state index in [9.17, 15) is 8.78 Å². The molecule has 0 amide bonds. The van der Waals surface area contributed by atoms with E-state index in [-0.39, 0.29) is 7.43 Å². The van der Waals surface area contributed by atoms with E-state index in [4.69, 9.17) is 0 Å². The fraction of sp³-hybridized carbons (Fsp3) is 0.333. The summed E-state index contributed by atoms with van der Waals surface area (Å²) in [6, 6.07) is 7.82. The van der Waals surface area contributed by atoms with Crippen molar-refractivity contribution in [2.24, 2.45) is 10.9 Å². The van der Waals surface area contributed by atoms with E-state index in [1.165, 1.54) is 24.1 Å². The molecule has 1 N–H and O–H groups in total. The molecule has 0 radical (unpaired) electrons. The number of allylic oxidation sites excluding steroid dienone is 5. The van der Waals surface area contributed by atoms with Crippen LogP contribution in [0.2, 0.25) is 0 Å². The van der Waals surface area contributed by atoms with Gasteiger partial charge in [-0.3, -0.25) is 9.98 Å². The minimum atomic E-state index is -0.854. The van der Waals surface area contributed by atoms with Gasteiger partial charge in [0.05, 0.1) is 6.54 Å². The first-order valence-corrected chi connectivity index (χ1v) is 11.3. The second-order valence-electron chi connectivity index (χ2n) is 7.62. The molecule has 3 nitrogen and oxygen atoms in total. The maximum absolute atomic E-state index is 13.2. The van der Waals surface area contributed by atoms with Crippen LogP contribution in [0.1, 0.15) is 59.1 Å². The molecule has 0 aliphatic carbocycles. The van der Waals surface area contributed by atoms with E-state index in [1.54, 1.807) is 12.3 Å². The molecule has 192 valence electrons. The summed E-state index contributed by atoms with van der Waals surface area (Å²) in [5.74, 6) is -0.958. The topological polar surface area (TPSA) is 37.3 Å². The lowest BCUT2D eigenvalue weighted by Crippen LogP contribution is -2.03. The number of nitrogens with one attached hydrogen (secondary N) is 1. The summed E-state index contributed by atoms with van der Waals surface area (Å²) in [5, 5.41) is 3.03. The number of aliphatic imine (C=N–C) groups is 1. The first kappa shape index (κ1) is 33.8. The molecule has 0 spiro atoms. The van der Waals surface area contributed by atoms with Crippen LogP contribution >= 0.6 is 0 Å². The Kier molecular flexibility index (Phi) is 19.4. The van der Waals surface area contributed by atoms with Gasteiger partial charge in [-0.2, -0.15) is 0 Å². The Balaban J connectivity index is 0. The smallest absolute Gasteiger partial charge is 0.159 e. The molecule has 1 aromatic heterocycles. The highest BCUT2D eigenvalue weighted by atomic mass is 19.2. The molecule has 0 fully saturated rings. The maximum Gasteiger partial charge on any atom is 0.159 e. The average Bonchev–Trinajstić information content (AvgIpc) is 2.88. The monoisotopic (exact) mass is 483 g/mol. The first-order valence-electron chi connectivity index (χ1n) is 11.3. The Hall–Kier alpha value is -3.34. The zero-order chi connectivity index (χ0) is 25.9. The van der Waals surface area contributed by atoms with Crippen molar-refractivity contribution in [3.63, 3.8) is 0 Å². The number of aromatic nitrogens is 1. The lowest BCUT2D eigenvalue weighted by Gasteiger charge is -2.07. The maximum atomic E-state index is 13.2. The van der Waals surface area contributed by atoms with Crippen LogP contribution in [0.25, 0.3) is 5.57 Å². The summed E-state index contributed by atoms with van der Waals surface area (Å²) in [4.78, 5) is 8.41. The van der Waals surface area contributed by atoms with Crippen molar-refractivity contribution in [2.75, 3.05) is 7.05 Å². The van der Waals surface area contributed by atoms with Crippen molar-refractivity contribution in [1.82, 2.24) is 10.3 Å². The van der Waals surface area contributed by atoms with E-state index < -0.39 is 11.6 Å². The summed E-state index contributed by atoms with van der Waals surface area (Å²) < 4.78 is 26.0. The van der Waals surface area contributed by atoms with Crippen LogP contribution in [0.4, 0.5) is 8.78 Å². The van der Waals surface area contributed by atoms with Crippen molar-refractivity contribution >= 4 is 11.8 Å². The second kappa shape index (κ2) is 20.1. The van der Waals surface area contributed by atoms with E-state index >= 15 is 0 Å². The molecule has 35 heavy (non-hydrogen) atoms. The third-order valence-electron chi connectivity index (χ3n) is 5.14. The molecule has 0 aliphatic rings. The molecule has 0 aliphatic heterocycles. The lowest BCUT2D eigenvalue weighted by atomic mass is 10.0. The Bertz CT molecular complexity index is 947. The molecule has 0 saturated heterocycles. The van der Waals surface area contributed by atoms with Crippen molar-refractivity contribution in [1.29, 1.82) is 0 Å². The number of benzene rings is 1. The van der Waals surface area contributed by atoms with Crippen LogP contribution in [-0.4, -0.2) is 18.2 Å². The molecule has 0 bridgehead atoms. The molecule has 5 heteroatoms. The summed E-state index contributed by atoms with van der Waals surface area (Å²) in [5.41, 5.74) is 4.55. The molecule has 1 heterocycles. The number of nitrogens with zero attached hydrogens (tertiary/aromatic N) is 2. The van der Waals surface area contributed by atoms with E-state index in [0.717, 1.165) is 41.8 Å². The van der Waals surface area contributed by atoms with Gasteiger partial charge in [-0.05, 0) is 78.9 Å². The molecule has 2 aromatic rings. The number of rotatable bonds is 9. The average molecular weight is 484 g/mol. The van der Waals surface area contributed by atoms with Gasteiger partial charge in [0, 0.05) is 25.1 Å². The van der Waals surface area contributed by atoms with Crippen LogP contribution in [0, 0.1) is 17.6 Å². The fourth-order valence-electron chi connectivity index (χ4n) is 2.56. The summed E-state index contributed by atoms with van der Waals surface area (Å²) >= 11 is 0. The Morgan fingerprint density at radius 2 is 1.86 bits per heavy atom. The predicted octanol–water partition coefficient (Wildman–Crippen LogP) is 8.57. The quantitative estimate of drug-likeness (QED) is 0.220. The highest BCUT2D eigenvalue weighted by Crippen LogP contribution is 2.20. The van der Waals surface area contributed by atoms with Crippen molar-refractivity contribution in [3.8, 4) is 0 Å². The van der Waals surface area contributed by atoms with E-state index in [1.807, 2.05) is 51.5 Å². The van der Waals surface area contributed by atoms with Crippen LogP contribution in [0.5, 0.6) is 0 Å². The molecule has 1 unspecified atom stereocenters. The van der Waals surface area contributed by atoms with Crippen molar-refractivity contribution in [2.45, 2.75) is 54.5 Å². The van der Waals surface area contributed by atoms with Gasteiger partial charge in [0.1, 0.15) is 0 Å². The highest BCUT2D eigenvalue weighted by Gasteiger charge is 2.05. The molecule has 0 saturated carbocycles. The normalized spacial score (nSPS) is 12.1. The predicted molar refractivity (Wildman–Crippen MR) is 150 cm³/mol. The number of pyridine rings is 1. The third-order valence-corrected chi connectivity index (χ3v) is 5.14. The van der Waals surface area contributed by atoms with Gasteiger partial charge in [-0.1, -0.05) is 52.5 Å². The number of hydrogen-bond acceptors (Lipinski definition) is 3. The van der Waals surface area contributed by atoms with Gasteiger partial charge in [-0.25, -0.2) is 8.78 Å². The van der Waals surface area contributed by atoms with Gasteiger partial charge in [0.15, 0.2) is 11.6 Å². The zero-order valence-corrected chi connectivity index (χ0v) is 21.2. The van der Waals surface area contributed by atoms with E-state index in [2.05, 4.69) is 48.9 Å². The minimum absolute atomic E-state index is 0. The summed E-state index contributed by atoms with van der Waals surface area (Å²) in [7, 11) is 1.83. The summed E-state index contributed by atoms with van der Waals surface area (Å²) in [6.07, 6.45) is 11.5. The third kappa shape index (κ3) is 13.8. The largest absolute Gasteiger partial charge is 0.391 e. The minimum Gasteiger partial charge on any atom is -0.391 e. The molecular formula is C30H43F2N3. The summed E-state index contributed by atoms with van der Waals surface area (Å²) in [6.45, 7) is 18.8. The SMILES string of the molecule is C.C=C.C=C/C(=C\C(C)=C(\C)NC)c1ccc(F)c(F)c1.CCC(C)CC=NCc1cccnc1. The van der Waals surface area contributed by atoms with E-state index in [0.29, 0.717) is 5.56 Å². The first-order chi connectivity index (χ1) is 16.3. The van der Waals surface area contributed by atoms with Gasteiger partial charge >= 0.3 is 0 Å². The van der Waals surface area contributed by atoms with Crippen LogP contribution in [0.3, 0.4) is 0 Å². The van der Waals surface area contributed by atoms with Gasteiger partial charge < -0.3 is 5.32 Å². The number of halogens is 2. The van der Waals surface area contributed by atoms with Crippen molar-refractivity contribution in [3.05, 3.63) is 109 Å². The standard InChI is InChI=1S/C15H17F2N.C12H18N2.C2H4.CH4/c1-5-12(8-10(2)11(3)18-4)13-6-7-14(16)15(17)9-13;1-3-11(2)6-8-14-10-12-5-4-7-13-9-12;1-2;/h5-9,18H,1H2,2-4H3;4-5,7-9,11H,3,6,10H2,1-2H3;1-2H2;1H4/b11-10-,12-8+;;;. The van der Waals surface area contributed by atoms with Crippen molar-refractivity contribution < 1.29 is 8.78 Å². The fourth-order valence-corrected chi connectivity index (χ4v) is 2.56. The molecular weight excluding hydrogens is 440 g/mol. The Morgan fingerprint density at radius 3 is 2.37 bits per heavy atom. The van der Waals surface area contributed by atoms with Gasteiger partial charge in [0.25, 0.3) is 0 Å². The molecule has 2 rings (SSSR count). The zero-order valence-electron chi connectivity index (χ0n) is 21.2. The highest BCUT2D eigenvalue weighted by molar-refractivity contribution is 5.75. The number of hydrogen-bond donors (Lipinski definition) is 1. The molecule has 1 atom stereocenters. The molecule has 1 aromatic carbocycles. The Morgan fingerprint density at radius 1 is 1.17 bits per heavy atom. The van der Waals surface area contributed by atoms with Gasteiger partial charge in [-0.15, -0.1) is 13.2 Å².